The Kier molecular flexibility index (Phi) is 6.16. The number of sulfone groups is 1. The summed E-state index contributed by atoms with van der Waals surface area (Å²) in [7, 11) is -0.210. The molecule has 4 rings (SSSR count). The van der Waals surface area contributed by atoms with Crippen LogP contribution in [0.15, 0.2) is 51.7 Å². The van der Waals surface area contributed by atoms with Crippen molar-refractivity contribution in [2.45, 2.75) is 25.9 Å². The van der Waals surface area contributed by atoms with E-state index in [1.807, 2.05) is 6.92 Å². The van der Waals surface area contributed by atoms with Gasteiger partial charge in [0.15, 0.2) is 32.5 Å². The number of rotatable bonds is 6. The third-order valence-electron chi connectivity index (χ3n) is 5.81. The van der Waals surface area contributed by atoms with Crippen molar-refractivity contribution in [2.75, 3.05) is 25.7 Å². The van der Waals surface area contributed by atoms with Crippen LogP contribution in [-0.4, -0.2) is 51.0 Å². The molecule has 0 N–H and O–H groups in total. The van der Waals surface area contributed by atoms with Crippen LogP contribution in [0.1, 0.15) is 28.1 Å². The molecule has 1 amide bonds. The standard InChI is InChI=1S/C24H25NO7S/c1-15-4-6-18-19(26)12-23(32-21(18)10-15)24(27)25(17-8-9-33(28,29)14-17)13-16-5-7-20(30-2)22(11-16)31-3/h4-7,10-12,17H,8-9,13-14H2,1-3H3/t17-/m1/s1. The number of carbonyl (C=O) groups is 1. The van der Waals surface area contributed by atoms with Crippen molar-refractivity contribution >= 4 is 26.7 Å². The summed E-state index contributed by atoms with van der Waals surface area (Å²) in [5, 5.41) is 0.382. The fourth-order valence-electron chi connectivity index (χ4n) is 4.07. The fraction of sp³-hybridized carbons (Fsp3) is 0.333. The highest BCUT2D eigenvalue weighted by Gasteiger charge is 2.36. The van der Waals surface area contributed by atoms with Crippen molar-refractivity contribution in [3.63, 3.8) is 0 Å². The lowest BCUT2D eigenvalue weighted by atomic mass is 10.1. The van der Waals surface area contributed by atoms with Crippen molar-refractivity contribution in [1.82, 2.24) is 4.90 Å². The molecule has 1 aromatic heterocycles. The molecule has 1 saturated heterocycles. The summed E-state index contributed by atoms with van der Waals surface area (Å²) >= 11 is 0. The summed E-state index contributed by atoms with van der Waals surface area (Å²) in [5.74, 6) is 0.250. The van der Waals surface area contributed by atoms with Crippen LogP contribution < -0.4 is 14.9 Å². The number of nitrogens with zero attached hydrogens (tertiary/aromatic N) is 1. The van der Waals surface area contributed by atoms with Gasteiger partial charge < -0.3 is 18.8 Å². The molecule has 0 bridgehead atoms. The van der Waals surface area contributed by atoms with Crippen LogP contribution in [-0.2, 0) is 16.4 Å². The summed E-state index contributed by atoms with van der Waals surface area (Å²) in [6.45, 7) is 1.98. The predicted octanol–water partition coefficient (Wildman–Crippen LogP) is 2.95. The minimum Gasteiger partial charge on any atom is -0.493 e. The molecule has 0 aliphatic carbocycles. The first-order valence-electron chi connectivity index (χ1n) is 10.5. The number of aryl methyl sites for hydroxylation is 1. The second-order valence-electron chi connectivity index (χ2n) is 8.15. The van der Waals surface area contributed by atoms with E-state index in [2.05, 4.69) is 0 Å². The number of hydrogen-bond donors (Lipinski definition) is 0. The highest BCUT2D eigenvalue weighted by Crippen LogP contribution is 2.30. The third-order valence-corrected chi connectivity index (χ3v) is 7.56. The maximum absolute atomic E-state index is 13.5. The molecule has 0 spiro atoms. The molecule has 0 unspecified atom stereocenters. The highest BCUT2D eigenvalue weighted by molar-refractivity contribution is 7.91. The second-order valence-corrected chi connectivity index (χ2v) is 10.4. The van der Waals surface area contributed by atoms with Crippen molar-refractivity contribution < 1.29 is 27.1 Å². The summed E-state index contributed by atoms with van der Waals surface area (Å²) in [5.41, 5.74) is 1.60. The largest absolute Gasteiger partial charge is 0.493 e. The molecule has 1 atom stereocenters. The van der Waals surface area contributed by atoms with Gasteiger partial charge in [0.1, 0.15) is 5.58 Å². The number of ether oxygens (including phenoxy) is 2. The zero-order chi connectivity index (χ0) is 23.8. The Bertz CT molecular complexity index is 1380. The summed E-state index contributed by atoms with van der Waals surface area (Å²) in [6, 6.07) is 11.0. The fourth-order valence-corrected chi connectivity index (χ4v) is 5.80. The van der Waals surface area contributed by atoms with Crippen LogP contribution in [0.4, 0.5) is 0 Å². The number of amides is 1. The van der Waals surface area contributed by atoms with Gasteiger partial charge in [-0.2, -0.15) is 0 Å². The Morgan fingerprint density at radius 1 is 1.09 bits per heavy atom. The summed E-state index contributed by atoms with van der Waals surface area (Å²) in [6.07, 6.45) is 0.318. The molecular formula is C24H25NO7S. The normalized spacial score (nSPS) is 17.1. The lowest BCUT2D eigenvalue weighted by Crippen LogP contribution is -2.40. The molecule has 1 aliphatic heterocycles. The van der Waals surface area contributed by atoms with Gasteiger partial charge in [-0.25, -0.2) is 8.42 Å². The van der Waals surface area contributed by atoms with Gasteiger partial charge in [0.2, 0.25) is 0 Å². The van der Waals surface area contributed by atoms with Crippen LogP contribution in [0.5, 0.6) is 11.5 Å². The molecular weight excluding hydrogens is 446 g/mol. The first kappa shape index (κ1) is 22.8. The second kappa shape index (κ2) is 8.90. The quantitative estimate of drug-likeness (QED) is 0.544. The number of methoxy groups -OCH3 is 2. The topological polar surface area (TPSA) is 103 Å². The molecule has 2 aromatic carbocycles. The molecule has 8 nitrogen and oxygen atoms in total. The minimum atomic E-state index is -3.25. The van der Waals surface area contributed by atoms with Gasteiger partial charge in [0, 0.05) is 18.7 Å². The zero-order valence-corrected chi connectivity index (χ0v) is 19.5. The lowest BCUT2D eigenvalue weighted by Gasteiger charge is -2.28. The highest BCUT2D eigenvalue weighted by atomic mass is 32.2. The summed E-state index contributed by atoms with van der Waals surface area (Å²) < 4.78 is 40.8. The molecule has 0 radical (unpaired) electrons. The van der Waals surface area contributed by atoms with Gasteiger partial charge in [0.05, 0.1) is 31.1 Å². The Hall–Kier alpha value is -3.33. The molecule has 174 valence electrons. The summed E-state index contributed by atoms with van der Waals surface area (Å²) in [4.78, 5) is 27.6. The number of fused-ring (bicyclic) bond motifs is 1. The lowest BCUT2D eigenvalue weighted by molar-refractivity contribution is 0.0648. The minimum absolute atomic E-state index is 0.00818. The first-order chi connectivity index (χ1) is 15.7. The number of carbonyl (C=O) groups excluding carboxylic acids is 1. The average molecular weight is 472 g/mol. The average Bonchev–Trinajstić information content (AvgIpc) is 3.15. The smallest absolute Gasteiger partial charge is 0.290 e. The van der Waals surface area contributed by atoms with Crippen molar-refractivity contribution in [3.05, 3.63) is 69.6 Å². The van der Waals surface area contributed by atoms with E-state index in [0.29, 0.717) is 28.9 Å². The SMILES string of the molecule is COc1ccc(CN(C(=O)c2cc(=O)c3ccc(C)cc3o2)[C@@H]2CCS(=O)(=O)C2)cc1OC. The maximum atomic E-state index is 13.5. The molecule has 2 heterocycles. The van der Waals surface area contributed by atoms with Gasteiger partial charge in [-0.3, -0.25) is 9.59 Å². The molecule has 0 saturated carbocycles. The van der Waals surface area contributed by atoms with Crippen LogP contribution in [0, 0.1) is 6.92 Å². The van der Waals surface area contributed by atoms with E-state index in [9.17, 15) is 18.0 Å². The van der Waals surface area contributed by atoms with Gasteiger partial charge >= 0.3 is 0 Å². The molecule has 33 heavy (non-hydrogen) atoms. The zero-order valence-electron chi connectivity index (χ0n) is 18.7. The van der Waals surface area contributed by atoms with Crippen LogP contribution in [0.2, 0.25) is 0 Å². The van der Waals surface area contributed by atoms with Crippen LogP contribution >= 0.6 is 0 Å². The first-order valence-corrected chi connectivity index (χ1v) is 12.3. The maximum Gasteiger partial charge on any atom is 0.290 e. The van der Waals surface area contributed by atoms with Gasteiger partial charge in [-0.1, -0.05) is 12.1 Å². The predicted molar refractivity (Wildman–Crippen MR) is 124 cm³/mol. The van der Waals surface area contributed by atoms with E-state index in [1.54, 1.807) is 36.4 Å². The van der Waals surface area contributed by atoms with Crippen molar-refractivity contribution in [3.8, 4) is 11.5 Å². The molecule has 9 heteroatoms. The Morgan fingerprint density at radius 2 is 1.85 bits per heavy atom. The van der Waals surface area contributed by atoms with Crippen LogP contribution in [0.3, 0.4) is 0 Å². The third kappa shape index (κ3) is 4.73. The van der Waals surface area contributed by atoms with Gasteiger partial charge in [-0.05, 0) is 48.7 Å². The van der Waals surface area contributed by atoms with Crippen molar-refractivity contribution in [2.24, 2.45) is 0 Å². The van der Waals surface area contributed by atoms with E-state index < -0.39 is 21.8 Å². The number of benzene rings is 2. The van der Waals surface area contributed by atoms with Gasteiger partial charge in [0.25, 0.3) is 5.91 Å². The van der Waals surface area contributed by atoms with E-state index >= 15 is 0 Å². The van der Waals surface area contributed by atoms with Crippen LogP contribution in [0.25, 0.3) is 11.0 Å². The molecule has 3 aromatic rings. The Balaban J connectivity index is 1.74. The van der Waals surface area contributed by atoms with Gasteiger partial charge in [-0.15, -0.1) is 0 Å². The molecule has 1 aliphatic rings. The molecule has 1 fully saturated rings. The number of hydrogen-bond acceptors (Lipinski definition) is 7. The van der Waals surface area contributed by atoms with E-state index in [-0.39, 0.29) is 29.2 Å². The van der Waals surface area contributed by atoms with Crippen molar-refractivity contribution in [1.29, 1.82) is 0 Å². The van der Waals surface area contributed by atoms with E-state index in [4.69, 9.17) is 13.9 Å². The van der Waals surface area contributed by atoms with E-state index in [0.717, 1.165) is 11.1 Å². The van der Waals surface area contributed by atoms with E-state index in [1.165, 1.54) is 25.2 Å². The Morgan fingerprint density at radius 3 is 2.52 bits per heavy atom. The Labute approximate surface area is 191 Å². The monoisotopic (exact) mass is 471 g/mol.